The summed E-state index contributed by atoms with van der Waals surface area (Å²) in [5.41, 5.74) is -3.61. The Morgan fingerprint density at radius 3 is 1.81 bits per heavy atom. The van der Waals surface area contributed by atoms with Crippen molar-refractivity contribution in [3.05, 3.63) is 49.6 Å². The van der Waals surface area contributed by atoms with Crippen molar-refractivity contribution in [3.8, 4) is 0 Å². The molecule has 1 N–H and O–H groups in total. The van der Waals surface area contributed by atoms with Crippen LogP contribution in [0, 0.1) is 0 Å². The lowest BCUT2D eigenvalue weighted by Gasteiger charge is -2.14. The Hall–Kier alpha value is -1.01. The van der Waals surface area contributed by atoms with E-state index in [0.29, 0.717) is 12.1 Å². The largest absolute Gasteiger partial charge is 0.416 e. The Bertz CT molecular complexity index is 889. The molecule has 0 aliphatic rings. The number of rotatable bonds is 4. The van der Waals surface area contributed by atoms with Crippen LogP contribution >= 0.6 is 34.5 Å². The summed E-state index contributed by atoms with van der Waals surface area (Å²) >= 11 is 12.1. The molecule has 26 heavy (non-hydrogen) atoms. The van der Waals surface area contributed by atoms with Crippen LogP contribution in [0.2, 0.25) is 8.67 Å². The number of benzene rings is 1. The van der Waals surface area contributed by atoms with E-state index in [2.05, 4.69) is 0 Å². The molecule has 144 valence electrons. The first-order valence-corrected chi connectivity index (χ1v) is 9.48. The molecular weight excluding hydrogens is 451 g/mol. The quantitative estimate of drug-likeness (QED) is 0.609. The second-order valence-electron chi connectivity index (χ2n) is 4.93. The van der Waals surface area contributed by atoms with Crippen molar-refractivity contribution in [2.24, 2.45) is 0 Å². The second kappa shape index (κ2) is 7.19. The second-order valence-corrected chi connectivity index (χ2v) is 8.95. The van der Waals surface area contributed by atoms with Crippen molar-refractivity contribution in [1.29, 1.82) is 0 Å². The van der Waals surface area contributed by atoms with Gasteiger partial charge in [-0.05, 0) is 29.8 Å². The molecule has 3 nitrogen and oxygen atoms in total. The van der Waals surface area contributed by atoms with E-state index >= 15 is 0 Å². The van der Waals surface area contributed by atoms with Gasteiger partial charge in [-0.3, -0.25) is 0 Å². The third kappa shape index (κ3) is 5.03. The molecule has 0 atom stereocenters. The van der Waals surface area contributed by atoms with Crippen LogP contribution in [0.15, 0.2) is 29.2 Å². The highest BCUT2D eigenvalue weighted by Crippen LogP contribution is 2.37. The van der Waals surface area contributed by atoms with Crippen molar-refractivity contribution in [2.75, 3.05) is 0 Å². The maximum atomic E-state index is 12.8. The van der Waals surface area contributed by atoms with E-state index in [9.17, 15) is 34.8 Å². The van der Waals surface area contributed by atoms with Gasteiger partial charge in [-0.15, -0.1) is 11.3 Å². The van der Waals surface area contributed by atoms with E-state index in [4.69, 9.17) is 23.2 Å². The number of thiophene rings is 1. The van der Waals surface area contributed by atoms with E-state index in [0.717, 1.165) is 17.4 Å². The van der Waals surface area contributed by atoms with Gasteiger partial charge in [0, 0.05) is 6.54 Å². The molecule has 0 fully saturated rings. The number of nitrogens with one attached hydrogen (secondary N) is 1. The predicted octanol–water partition coefficient (Wildman–Crippen LogP) is 5.57. The zero-order valence-corrected chi connectivity index (χ0v) is 15.3. The molecule has 0 aliphatic carbocycles. The van der Waals surface area contributed by atoms with Gasteiger partial charge in [0.1, 0.15) is 9.23 Å². The summed E-state index contributed by atoms with van der Waals surface area (Å²) in [6, 6.07) is 1.83. The summed E-state index contributed by atoms with van der Waals surface area (Å²) in [5, 5.41) is 0. The highest BCUT2D eigenvalue weighted by molar-refractivity contribution is 7.89. The lowest BCUT2D eigenvalue weighted by Crippen LogP contribution is -2.23. The smallest absolute Gasteiger partial charge is 0.207 e. The fourth-order valence-corrected chi connectivity index (χ4v) is 5.05. The highest BCUT2D eigenvalue weighted by Gasteiger charge is 2.37. The average Bonchev–Trinajstić information content (AvgIpc) is 2.83. The van der Waals surface area contributed by atoms with Gasteiger partial charge in [-0.1, -0.05) is 23.2 Å². The van der Waals surface area contributed by atoms with Crippen LogP contribution in [0.5, 0.6) is 0 Å². The van der Waals surface area contributed by atoms with Gasteiger partial charge < -0.3 is 0 Å². The molecule has 1 heterocycles. The van der Waals surface area contributed by atoms with Crippen LogP contribution in [0.25, 0.3) is 0 Å². The normalized spacial score (nSPS) is 13.2. The molecule has 0 saturated heterocycles. The third-order valence-electron chi connectivity index (χ3n) is 3.03. The fourth-order valence-electron chi connectivity index (χ4n) is 1.89. The molecule has 13 heteroatoms. The summed E-state index contributed by atoms with van der Waals surface area (Å²) in [4.78, 5) is -0.419. The minimum Gasteiger partial charge on any atom is -0.207 e. The van der Waals surface area contributed by atoms with Gasteiger partial charge in [0.15, 0.2) is 0 Å². The van der Waals surface area contributed by atoms with Gasteiger partial charge in [0.05, 0.1) is 15.5 Å². The Kier molecular flexibility index (Phi) is 5.89. The van der Waals surface area contributed by atoms with Crippen molar-refractivity contribution >= 4 is 44.6 Å². The third-order valence-corrected chi connectivity index (χ3v) is 6.18. The van der Waals surface area contributed by atoms with Crippen LogP contribution < -0.4 is 4.72 Å². The average molecular weight is 458 g/mol. The Balaban J connectivity index is 2.36. The Morgan fingerprint density at radius 1 is 0.923 bits per heavy atom. The topological polar surface area (TPSA) is 46.2 Å². The maximum absolute atomic E-state index is 12.8. The highest BCUT2D eigenvalue weighted by atomic mass is 35.5. The summed E-state index contributed by atoms with van der Waals surface area (Å²) in [6.45, 7) is -0.806. The fraction of sp³-hybridized carbons (Fsp3) is 0.231. The van der Waals surface area contributed by atoms with Gasteiger partial charge in [-0.2, -0.15) is 26.3 Å². The Labute approximate surface area is 157 Å². The molecule has 0 aliphatic heterocycles. The van der Waals surface area contributed by atoms with Crippen LogP contribution in [0.1, 0.15) is 16.7 Å². The monoisotopic (exact) mass is 457 g/mol. The first kappa shape index (κ1) is 21.3. The van der Waals surface area contributed by atoms with Gasteiger partial charge in [0.25, 0.3) is 0 Å². The van der Waals surface area contributed by atoms with Crippen molar-refractivity contribution in [2.45, 2.75) is 23.8 Å². The van der Waals surface area contributed by atoms with Gasteiger partial charge in [-0.25, -0.2) is 13.1 Å². The molecule has 2 rings (SSSR count). The van der Waals surface area contributed by atoms with E-state index < -0.39 is 50.5 Å². The molecular formula is C13H7Cl2F6NO2S2. The molecule has 0 unspecified atom stereocenters. The van der Waals surface area contributed by atoms with E-state index in [-0.39, 0.29) is 14.7 Å². The molecule has 0 bridgehead atoms. The maximum Gasteiger partial charge on any atom is 0.416 e. The van der Waals surface area contributed by atoms with E-state index in [1.54, 1.807) is 0 Å². The zero-order chi connectivity index (χ0) is 19.9. The minimum absolute atomic E-state index is 0.0481. The molecule has 2 aromatic rings. The van der Waals surface area contributed by atoms with Crippen molar-refractivity contribution in [3.63, 3.8) is 0 Å². The Morgan fingerprint density at radius 2 is 1.42 bits per heavy atom. The summed E-state index contributed by atoms with van der Waals surface area (Å²) in [5.74, 6) is 0. The van der Waals surface area contributed by atoms with Crippen molar-refractivity contribution < 1.29 is 34.8 Å². The first-order chi connectivity index (χ1) is 11.7. The van der Waals surface area contributed by atoms with Gasteiger partial charge >= 0.3 is 12.4 Å². The first-order valence-electron chi connectivity index (χ1n) is 6.43. The number of sulfonamides is 1. The number of hydrogen-bond donors (Lipinski definition) is 1. The van der Waals surface area contributed by atoms with E-state index in [1.165, 1.54) is 0 Å². The number of halogens is 8. The van der Waals surface area contributed by atoms with Gasteiger partial charge in [0.2, 0.25) is 10.0 Å². The lowest BCUT2D eigenvalue weighted by atomic mass is 10.0. The number of hydrogen-bond acceptors (Lipinski definition) is 3. The predicted molar refractivity (Wildman–Crippen MR) is 84.8 cm³/mol. The summed E-state index contributed by atoms with van der Waals surface area (Å²) < 4.78 is 103. The zero-order valence-electron chi connectivity index (χ0n) is 12.2. The standard InChI is InChI=1S/C13H7Cl2F6NO2S2/c14-10-4-9(11(15)25-10)26(23,24)22-5-6-1-7(12(16,17)18)3-8(2-6)13(19,20)21/h1-4,22H,5H2. The van der Waals surface area contributed by atoms with E-state index in [1.807, 2.05) is 4.72 Å². The van der Waals surface area contributed by atoms with Crippen molar-refractivity contribution in [1.82, 2.24) is 4.72 Å². The van der Waals surface area contributed by atoms with Crippen LogP contribution in [-0.2, 0) is 28.9 Å². The molecule has 0 radical (unpaired) electrons. The SMILES string of the molecule is O=S(=O)(NCc1cc(C(F)(F)F)cc(C(F)(F)F)c1)c1cc(Cl)sc1Cl. The summed E-state index contributed by atoms with van der Waals surface area (Å²) in [7, 11) is -4.28. The molecule has 0 saturated carbocycles. The molecule has 1 aromatic heterocycles. The minimum atomic E-state index is -5.03. The van der Waals surface area contributed by atoms with Crippen LogP contribution in [-0.4, -0.2) is 8.42 Å². The molecule has 0 amide bonds. The molecule has 0 spiro atoms. The van der Waals surface area contributed by atoms with Crippen LogP contribution in [0.3, 0.4) is 0 Å². The van der Waals surface area contributed by atoms with Crippen LogP contribution in [0.4, 0.5) is 26.3 Å². The lowest BCUT2D eigenvalue weighted by molar-refractivity contribution is -0.143. The number of alkyl halides is 6. The summed E-state index contributed by atoms with van der Waals surface area (Å²) in [6.07, 6.45) is -10.1. The molecule has 1 aromatic carbocycles.